The molecule has 262 valence electrons. The number of aromatic nitrogens is 2. The minimum Gasteiger partial charge on any atom is -0.396 e. The van der Waals surface area contributed by atoms with E-state index in [9.17, 15) is 40.9 Å². The molecule has 2 unspecified atom stereocenters. The zero-order valence-corrected chi connectivity index (χ0v) is 27.4. The maximum absolute atomic E-state index is 10.1. The second-order valence-electron chi connectivity index (χ2n) is 12.3. The van der Waals surface area contributed by atoms with E-state index in [1.165, 1.54) is 0 Å². The molecular formula is C36H50N4O8. The number of H-pyrrole nitrogens is 2. The first kappa shape index (κ1) is 35.8. The van der Waals surface area contributed by atoms with Crippen molar-refractivity contribution in [3.05, 3.63) is 78.0 Å². The van der Waals surface area contributed by atoms with Crippen molar-refractivity contribution in [1.29, 1.82) is 0 Å². The van der Waals surface area contributed by atoms with Gasteiger partial charge in [0.25, 0.3) is 0 Å². The van der Waals surface area contributed by atoms with Crippen LogP contribution in [0, 0.1) is 0 Å². The number of aliphatic hydroxyl groups excluding tert-OH is 8. The summed E-state index contributed by atoms with van der Waals surface area (Å²) in [7, 11) is 0. The monoisotopic (exact) mass is 666 g/mol. The zero-order chi connectivity index (χ0) is 34.2. The van der Waals surface area contributed by atoms with Gasteiger partial charge in [-0.15, -0.1) is 0 Å². The van der Waals surface area contributed by atoms with Gasteiger partial charge in [0.05, 0.1) is 12.1 Å². The third kappa shape index (κ3) is 7.26. The Hall–Kier alpha value is -3.46. The van der Waals surface area contributed by atoms with Gasteiger partial charge in [-0.1, -0.05) is 0 Å². The molecule has 0 fully saturated rings. The second-order valence-corrected chi connectivity index (χ2v) is 12.3. The molecule has 0 aliphatic carbocycles. The Morgan fingerprint density at radius 2 is 0.771 bits per heavy atom. The van der Waals surface area contributed by atoms with Gasteiger partial charge in [-0.3, -0.25) is 0 Å². The maximum atomic E-state index is 10.1. The number of hydrogen-bond donors (Lipinski definition) is 12. The Labute approximate surface area is 279 Å². The lowest BCUT2D eigenvalue weighted by Crippen LogP contribution is -2.28. The van der Waals surface area contributed by atoms with Crippen LogP contribution in [0.15, 0.2) is 33.7 Å². The van der Waals surface area contributed by atoms with E-state index in [2.05, 4.69) is 20.6 Å². The van der Waals surface area contributed by atoms with Crippen LogP contribution in [-0.2, 0) is 25.7 Å². The van der Waals surface area contributed by atoms with Gasteiger partial charge in [0.1, 0.15) is 0 Å². The molecule has 12 N–H and O–H groups in total. The molecule has 0 saturated carbocycles. The first-order valence-corrected chi connectivity index (χ1v) is 16.9. The molecule has 3 aliphatic heterocycles. The van der Waals surface area contributed by atoms with Gasteiger partial charge in [-0.2, -0.15) is 0 Å². The van der Waals surface area contributed by atoms with Crippen LogP contribution in [0.1, 0.15) is 59.3 Å². The summed E-state index contributed by atoms with van der Waals surface area (Å²) in [6, 6.07) is -0.706. The number of nitrogens with one attached hydrogen (secondary N) is 4. The zero-order valence-electron chi connectivity index (χ0n) is 27.4. The smallest absolute Gasteiger partial charge is 0.0688 e. The van der Waals surface area contributed by atoms with E-state index < -0.39 is 0 Å². The van der Waals surface area contributed by atoms with E-state index >= 15 is 0 Å². The Bertz CT molecular complexity index is 1580. The van der Waals surface area contributed by atoms with E-state index in [0.29, 0.717) is 51.4 Å². The lowest BCUT2D eigenvalue weighted by molar-refractivity contribution is 0.292. The molecule has 5 rings (SSSR count). The maximum Gasteiger partial charge on any atom is 0.0688 e. The Morgan fingerprint density at radius 1 is 0.417 bits per heavy atom. The van der Waals surface area contributed by atoms with Crippen LogP contribution in [0.5, 0.6) is 0 Å². The van der Waals surface area contributed by atoms with Crippen molar-refractivity contribution in [3.8, 4) is 0 Å². The number of fused-ring (bicyclic) bond motifs is 8. The van der Waals surface area contributed by atoms with Crippen LogP contribution in [0.4, 0.5) is 0 Å². The van der Waals surface area contributed by atoms with Crippen molar-refractivity contribution in [2.24, 2.45) is 0 Å². The van der Waals surface area contributed by atoms with E-state index in [0.717, 1.165) is 78.0 Å². The quantitative estimate of drug-likeness (QED) is 0.0996. The third-order valence-corrected chi connectivity index (χ3v) is 9.54. The largest absolute Gasteiger partial charge is 0.396 e. The fourth-order valence-electron chi connectivity index (χ4n) is 7.60. The molecule has 3 aliphatic rings. The molecule has 12 heteroatoms. The van der Waals surface area contributed by atoms with Crippen LogP contribution in [0.3, 0.4) is 0 Å². The standard InChI is InChI=1S/C36H50N4O8/c41-9-1-21-22(2-10-42)30-18-32-25(5-13-45)26(6-14-46)34(39-32)20-36-28(8-16-48)27(7-15-47)35(40-36)19-33-24(4-12-44)23(3-11-43)31(38-33)17-29(21)37-30/h17-20,29,35,37-48H,1-16H2/b30-18-,31-17-,33-19-,36-20?. The minimum atomic E-state index is -0.353. The highest BCUT2D eigenvalue weighted by Gasteiger charge is 2.30. The summed E-state index contributed by atoms with van der Waals surface area (Å²) in [5.41, 5.74) is 10.1. The van der Waals surface area contributed by atoms with Crippen LogP contribution < -0.4 is 21.3 Å². The number of rotatable bonds is 16. The normalized spacial score (nSPS) is 21.3. The van der Waals surface area contributed by atoms with Gasteiger partial charge >= 0.3 is 0 Å². The Balaban J connectivity index is 1.88. The predicted octanol–water partition coefficient (Wildman–Crippen LogP) is -1.49. The van der Waals surface area contributed by atoms with Crippen LogP contribution in [0.25, 0.3) is 24.3 Å². The average molecular weight is 667 g/mol. The van der Waals surface area contributed by atoms with Gasteiger partial charge in [-0.05, 0) is 120 Å². The highest BCUT2D eigenvalue weighted by Crippen LogP contribution is 2.35. The van der Waals surface area contributed by atoms with E-state index in [1.54, 1.807) is 0 Å². The number of hydrogen-bond acceptors (Lipinski definition) is 10. The van der Waals surface area contributed by atoms with Gasteiger partial charge in [0, 0.05) is 86.3 Å². The number of aliphatic hydroxyl groups is 8. The molecule has 2 aromatic heterocycles. The van der Waals surface area contributed by atoms with E-state index in [4.69, 9.17) is 0 Å². The van der Waals surface area contributed by atoms with Crippen molar-refractivity contribution in [2.45, 2.75) is 63.5 Å². The summed E-state index contributed by atoms with van der Waals surface area (Å²) in [5.74, 6) is 0. The third-order valence-electron chi connectivity index (χ3n) is 9.54. The van der Waals surface area contributed by atoms with E-state index in [-0.39, 0.29) is 64.9 Å². The first-order chi connectivity index (χ1) is 23.5. The summed E-state index contributed by atoms with van der Waals surface area (Å²) in [6.07, 6.45) is 10.8. The van der Waals surface area contributed by atoms with Gasteiger partial charge < -0.3 is 61.5 Å². The topological polar surface area (TPSA) is 217 Å². The molecule has 0 radical (unpaired) electrons. The summed E-state index contributed by atoms with van der Waals surface area (Å²) < 4.78 is 0. The number of aromatic amines is 2. The molecule has 12 nitrogen and oxygen atoms in total. The minimum absolute atomic E-state index is 0.0906. The fraction of sp³-hybridized carbons (Fsp3) is 0.500. The summed E-state index contributed by atoms with van der Waals surface area (Å²) in [5, 5.41) is 89.5. The van der Waals surface area contributed by atoms with Gasteiger partial charge in [-0.25, -0.2) is 0 Å². The molecule has 48 heavy (non-hydrogen) atoms. The van der Waals surface area contributed by atoms with Gasteiger partial charge in [0.2, 0.25) is 0 Å². The molecule has 0 saturated heterocycles. The molecule has 0 aromatic carbocycles. The highest BCUT2D eigenvalue weighted by atomic mass is 16.3. The van der Waals surface area contributed by atoms with Crippen LogP contribution >= 0.6 is 0 Å². The molecule has 2 atom stereocenters. The highest BCUT2D eigenvalue weighted by molar-refractivity contribution is 5.71. The van der Waals surface area contributed by atoms with Gasteiger partial charge in [0.15, 0.2) is 0 Å². The summed E-state index contributed by atoms with van der Waals surface area (Å²) >= 11 is 0. The molecule has 5 heterocycles. The van der Waals surface area contributed by atoms with Crippen LogP contribution in [0.2, 0.25) is 0 Å². The lowest BCUT2D eigenvalue weighted by Gasteiger charge is -2.12. The van der Waals surface area contributed by atoms with Crippen molar-refractivity contribution in [3.63, 3.8) is 0 Å². The SMILES string of the molecule is OCCC1=C(CCO)C2/C=c3\[nH]/c(c(CCO)c3CCO)=C\C3N/C(=C\c4[nH]c(c(CCO)c4CCO)C=C1N2)C(CCO)=C3CCO. The molecule has 2 aromatic rings. The molecule has 8 bridgehead atoms. The number of allylic oxidation sites excluding steroid dienone is 2. The summed E-state index contributed by atoms with van der Waals surface area (Å²) in [4.78, 5) is 7.09. The van der Waals surface area contributed by atoms with Crippen LogP contribution in [-0.4, -0.2) is 116 Å². The second kappa shape index (κ2) is 16.8. The molecule has 0 spiro atoms. The molecule has 0 amide bonds. The predicted molar refractivity (Wildman–Crippen MR) is 184 cm³/mol. The Kier molecular flexibility index (Phi) is 12.5. The lowest BCUT2D eigenvalue weighted by atomic mass is 9.96. The van der Waals surface area contributed by atoms with E-state index in [1.807, 2.05) is 24.3 Å². The molecular weight excluding hydrogens is 616 g/mol. The fourth-order valence-corrected chi connectivity index (χ4v) is 7.60. The van der Waals surface area contributed by atoms with Crippen molar-refractivity contribution >= 4 is 24.3 Å². The average Bonchev–Trinajstić information content (AvgIpc) is 3.75. The van der Waals surface area contributed by atoms with Crippen molar-refractivity contribution < 1.29 is 40.9 Å². The van der Waals surface area contributed by atoms with Crippen molar-refractivity contribution in [2.75, 3.05) is 52.9 Å². The van der Waals surface area contributed by atoms with Crippen molar-refractivity contribution in [1.82, 2.24) is 20.6 Å². The first-order valence-electron chi connectivity index (χ1n) is 16.9. The Morgan fingerprint density at radius 3 is 1.12 bits per heavy atom. The summed E-state index contributed by atoms with van der Waals surface area (Å²) in [6.45, 7) is -0.787.